The molecule has 5 heteroatoms. The van der Waals surface area contributed by atoms with E-state index in [2.05, 4.69) is 4.98 Å². The number of rotatable bonds is 2. The normalized spacial score (nSPS) is 21.3. The molecule has 0 fully saturated rings. The lowest BCUT2D eigenvalue weighted by atomic mass is 9.79. The van der Waals surface area contributed by atoms with E-state index >= 15 is 0 Å². The van der Waals surface area contributed by atoms with Crippen molar-refractivity contribution < 1.29 is 14.6 Å². The maximum Gasteiger partial charge on any atom is 0.337 e. The number of ether oxygens (including phenoxy) is 1. The second-order valence-electron chi connectivity index (χ2n) is 4.91. The molecule has 0 unspecified atom stereocenters. The summed E-state index contributed by atoms with van der Waals surface area (Å²) in [6, 6.07) is 5.34. The van der Waals surface area contributed by atoms with E-state index in [4.69, 9.17) is 4.74 Å². The third-order valence-electron chi connectivity index (χ3n) is 3.74. The molecule has 1 aromatic heterocycles. The number of fused-ring (bicyclic) bond motifs is 1. The first kappa shape index (κ1) is 13.3. The van der Waals surface area contributed by atoms with Crippen molar-refractivity contribution in [1.29, 1.82) is 0 Å². The van der Waals surface area contributed by atoms with E-state index < -0.39 is 5.60 Å². The summed E-state index contributed by atoms with van der Waals surface area (Å²) in [6.07, 6.45) is 4.09. The minimum Gasteiger partial charge on any atom is -0.465 e. The zero-order chi connectivity index (χ0) is 14.2. The minimum absolute atomic E-state index is 0.351. The maximum atomic E-state index is 11.6. The minimum atomic E-state index is -1.03. The first-order valence-electron chi connectivity index (χ1n) is 6.49. The summed E-state index contributed by atoms with van der Waals surface area (Å²) >= 11 is 1.45. The van der Waals surface area contributed by atoms with Gasteiger partial charge in [-0.25, -0.2) is 9.78 Å². The van der Waals surface area contributed by atoms with E-state index in [-0.39, 0.29) is 5.97 Å². The largest absolute Gasteiger partial charge is 0.465 e. The fraction of sp³-hybridized carbons (Fsp3) is 0.333. The number of carbonyl (C=O) groups is 1. The van der Waals surface area contributed by atoms with Crippen LogP contribution < -0.4 is 0 Å². The van der Waals surface area contributed by atoms with Gasteiger partial charge in [-0.15, -0.1) is 11.3 Å². The Labute approximate surface area is 121 Å². The van der Waals surface area contributed by atoms with E-state index in [1.165, 1.54) is 18.4 Å². The van der Waals surface area contributed by atoms with Crippen molar-refractivity contribution in [3.05, 3.63) is 51.5 Å². The highest BCUT2D eigenvalue weighted by Crippen LogP contribution is 2.41. The molecule has 1 aromatic carbocycles. The second kappa shape index (κ2) is 5.00. The number of nitrogens with zero attached hydrogens (tertiary/aromatic N) is 1. The Kier molecular flexibility index (Phi) is 3.31. The van der Waals surface area contributed by atoms with Crippen LogP contribution in [0.4, 0.5) is 0 Å². The third-order valence-corrected chi connectivity index (χ3v) is 4.67. The van der Waals surface area contributed by atoms with Crippen molar-refractivity contribution in [2.75, 3.05) is 7.11 Å². The van der Waals surface area contributed by atoms with E-state index in [1.807, 2.05) is 17.5 Å². The summed E-state index contributed by atoms with van der Waals surface area (Å²) in [6.45, 7) is 0. The van der Waals surface area contributed by atoms with Crippen LogP contribution >= 0.6 is 11.3 Å². The van der Waals surface area contributed by atoms with E-state index in [1.54, 1.807) is 12.3 Å². The molecule has 104 valence electrons. The average Bonchev–Trinajstić information content (AvgIpc) is 3.01. The summed E-state index contributed by atoms with van der Waals surface area (Å²) in [4.78, 5) is 15.9. The van der Waals surface area contributed by atoms with Crippen LogP contribution in [-0.2, 0) is 16.8 Å². The van der Waals surface area contributed by atoms with Gasteiger partial charge in [0.1, 0.15) is 10.6 Å². The molecular weight excluding hydrogens is 274 g/mol. The van der Waals surface area contributed by atoms with Gasteiger partial charge in [0.2, 0.25) is 0 Å². The highest BCUT2D eigenvalue weighted by Gasteiger charge is 2.38. The van der Waals surface area contributed by atoms with Gasteiger partial charge < -0.3 is 9.84 Å². The van der Waals surface area contributed by atoms with Gasteiger partial charge in [0.25, 0.3) is 0 Å². The van der Waals surface area contributed by atoms with Crippen molar-refractivity contribution in [3.63, 3.8) is 0 Å². The number of esters is 1. The quantitative estimate of drug-likeness (QED) is 0.863. The smallest absolute Gasteiger partial charge is 0.337 e. The lowest BCUT2D eigenvalue weighted by Gasteiger charge is -2.33. The lowest BCUT2D eigenvalue weighted by Crippen LogP contribution is -2.32. The number of hydrogen-bond donors (Lipinski definition) is 1. The molecule has 2 aromatic rings. The van der Waals surface area contributed by atoms with Crippen LogP contribution in [-0.4, -0.2) is 23.2 Å². The highest BCUT2D eigenvalue weighted by atomic mass is 32.1. The number of aromatic nitrogens is 1. The van der Waals surface area contributed by atoms with Crippen LogP contribution in [0.5, 0.6) is 0 Å². The van der Waals surface area contributed by atoms with E-state index in [0.717, 1.165) is 24.0 Å². The van der Waals surface area contributed by atoms with Crippen LogP contribution in [0.1, 0.15) is 39.3 Å². The fourth-order valence-corrected chi connectivity index (χ4v) is 3.55. The summed E-state index contributed by atoms with van der Waals surface area (Å²) in [5.74, 6) is -0.351. The molecule has 1 heterocycles. The first-order chi connectivity index (χ1) is 9.65. The molecule has 1 aliphatic carbocycles. The van der Waals surface area contributed by atoms with Crippen molar-refractivity contribution in [3.8, 4) is 0 Å². The molecule has 3 rings (SSSR count). The van der Waals surface area contributed by atoms with E-state index in [0.29, 0.717) is 17.0 Å². The molecule has 1 N–H and O–H groups in total. The van der Waals surface area contributed by atoms with Gasteiger partial charge >= 0.3 is 5.97 Å². The second-order valence-corrected chi connectivity index (χ2v) is 5.81. The number of aryl methyl sites for hydroxylation is 1. The highest BCUT2D eigenvalue weighted by molar-refractivity contribution is 7.09. The number of thiazole rings is 1. The van der Waals surface area contributed by atoms with Crippen LogP contribution in [0, 0.1) is 0 Å². The lowest BCUT2D eigenvalue weighted by molar-refractivity contribution is 0.0583. The van der Waals surface area contributed by atoms with Gasteiger partial charge in [0, 0.05) is 11.6 Å². The SMILES string of the molecule is COC(=O)c1ccc2c(c1)CCC[C@]2(O)c1nccs1. The Bertz CT molecular complexity index is 639. The standard InChI is InChI=1S/C15H15NO3S/c1-19-13(17)11-4-5-12-10(9-11)3-2-6-15(12,18)14-16-7-8-20-14/h4-5,7-9,18H,2-3,6H2,1H3/t15-/m1/s1. The number of aliphatic hydroxyl groups is 1. The van der Waals surface area contributed by atoms with Crippen molar-refractivity contribution >= 4 is 17.3 Å². The Balaban J connectivity index is 2.08. The monoisotopic (exact) mass is 289 g/mol. The zero-order valence-corrected chi connectivity index (χ0v) is 11.9. The molecule has 0 radical (unpaired) electrons. The van der Waals surface area contributed by atoms with Crippen LogP contribution in [0.15, 0.2) is 29.8 Å². The summed E-state index contributed by atoms with van der Waals surface area (Å²) < 4.78 is 4.74. The molecule has 0 saturated heterocycles. The van der Waals surface area contributed by atoms with Gasteiger partial charge in [0.05, 0.1) is 12.7 Å². The molecule has 0 aliphatic heterocycles. The maximum absolute atomic E-state index is 11.6. The number of benzene rings is 1. The Hall–Kier alpha value is -1.72. The molecular formula is C15H15NO3S. The molecule has 0 spiro atoms. The first-order valence-corrected chi connectivity index (χ1v) is 7.37. The van der Waals surface area contributed by atoms with Gasteiger partial charge in [-0.05, 0) is 42.5 Å². The van der Waals surface area contributed by atoms with Crippen molar-refractivity contribution in [1.82, 2.24) is 4.98 Å². The van der Waals surface area contributed by atoms with Gasteiger partial charge in [0.15, 0.2) is 0 Å². The van der Waals surface area contributed by atoms with Crippen molar-refractivity contribution in [2.24, 2.45) is 0 Å². The topological polar surface area (TPSA) is 59.4 Å². The van der Waals surface area contributed by atoms with Crippen LogP contribution in [0.25, 0.3) is 0 Å². The Morgan fingerprint density at radius 3 is 3.05 bits per heavy atom. The molecule has 0 saturated carbocycles. The fourth-order valence-electron chi connectivity index (χ4n) is 2.77. The van der Waals surface area contributed by atoms with Gasteiger partial charge in [-0.1, -0.05) is 6.07 Å². The van der Waals surface area contributed by atoms with Crippen molar-refractivity contribution in [2.45, 2.75) is 24.9 Å². The third kappa shape index (κ3) is 2.03. The van der Waals surface area contributed by atoms with Gasteiger partial charge in [-0.3, -0.25) is 0 Å². The summed E-state index contributed by atoms with van der Waals surface area (Å²) in [5, 5.41) is 13.6. The van der Waals surface area contributed by atoms with Crippen LogP contribution in [0.2, 0.25) is 0 Å². The molecule has 1 aliphatic rings. The molecule has 4 nitrogen and oxygen atoms in total. The number of carbonyl (C=O) groups excluding carboxylic acids is 1. The number of methoxy groups -OCH3 is 1. The van der Waals surface area contributed by atoms with Gasteiger partial charge in [-0.2, -0.15) is 0 Å². The molecule has 0 amide bonds. The summed E-state index contributed by atoms with van der Waals surface area (Å²) in [5.41, 5.74) is 1.34. The number of hydrogen-bond acceptors (Lipinski definition) is 5. The van der Waals surface area contributed by atoms with E-state index in [9.17, 15) is 9.90 Å². The predicted molar refractivity (Wildman–Crippen MR) is 75.8 cm³/mol. The average molecular weight is 289 g/mol. The molecule has 20 heavy (non-hydrogen) atoms. The van der Waals surface area contributed by atoms with Crippen LogP contribution in [0.3, 0.4) is 0 Å². The summed E-state index contributed by atoms with van der Waals surface area (Å²) in [7, 11) is 1.37. The molecule has 0 bridgehead atoms. The zero-order valence-electron chi connectivity index (χ0n) is 11.1. The molecule has 1 atom stereocenters. The Morgan fingerprint density at radius 2 is 2.35 bits per heavy atom. The predicted octanol–water partition coefficient (Wildman–Crippen LogP) is 2.50. The Morgan fingerprint density at radius 1 is 1.50 bits per heavy atom.